The molecule has 1 aromatic carbocycles. The molecule has 1 heterocycles. The highest BCUT2D eigenvalue weighted by molar-refractivity contribution is 7.89. The van der Waals surface area contributed by atoms with Gasteiger partial charge in [0.1, 0.15) is 5.75 Å². The number of carbonyl (C=O) groups is 1. The average Bonchev–Trinajstić information content (AvgIpc) is 2.91. The third kappa shape index (κ3) is 3.16. The summed E-state index contributed by atoms with van der Waals surface area (Å²) in [7, 11) is -2.42. The van der Waals surface area contributed by atoms with Gasteiger partial charge in [0.05, 0.1) is 22.6 Å². The fourth-order valence-corrected chi connectivity index (χ4v) is 2.71. The molecule has 20 heavy (non-hydrogen) atoms. The van der Waals surface area contributed by atoms with Crippen molar-refractivity contribution in [3.8, 4) is 5.75 Å². The topological polar surface area (TPSA) is 98.5 Å². The lowest BCUT2D eigenvalue weighted by Crippen LogP contribution is -2.15. The van der Waals surface area contributed by atoms with Crippen LogP contribution in [0.3, 0.4) is 0 Å². The number of methoxy groups -OCH3 is 1. The number of thiophene rings is 1. The maximum Gasteiger partial charge on any atom is 0.265 e. The van der Waals surface area contributed by atoms with Crippen molar-refractivity contribution < 1.29 is 17.9 Å². The van der Waals surface area contributed by atoms with Crippen molar-refractivity contribution in [3.05, 3.63) is 40.6 Å². The molecule has 0 bridgehead atoms. The van der Waals surface area contributed by atoms with Gasteiger partial charge in [0.15, 0.2) is 0 Å². The van der Waals surface area contributed by atoms with E-state index in [9.17, 15) is 13.2 Å². The minimum atomic E-state index is -3.84. The Morgan fingerprint density at radius 1 is 1.35 bits per heavy atom. The molecular weight excluding hydrogens is 300 g/mol. The van der Waals surface area contributed by atoms with Crippen LogP contribution in [-0.4, -0.2) is 21.4 Å². The van der Waals surface area contributed by atoms with Gasteiger partial charge in [-0.15, -0.1) is 11.3 Å². The Labute approximate surface area is 120 Å². The summed E-state index contributed by atoms with van der Waals surface area (Å²) in [6.45, 7) is 0. The highest BCUT2D eigenvalue weighted by Gasteiger charge is 2.15. The molecule has 0 aliphatic carbocycles. The van der Waals surface area contributed by atoms with Gasteiger partial charge >= 0.3 is 0 Å². The zero-order valence-corrected chi connectivity index (χ0v) is 12.1. The predicted molar refractivity (Wildman–Crippen MR) is 76.6 cm³/mol. The number of primary sulfonamides is 1. The van der Waals surface area contributed by atoms with E-state index < -0.39 is 10.0 Å². The molecular formula is C12H12N2O4S2. The van der Waals surface area contributed by atoms with Crippen LogP contribution in [-0.2, 0) is 10.0 Å². The Hall–Kier alpha value is -1.90. The minimum absolute atomic E-state index is 0.0974. The van der Waals surface area contributed by atoms with Crippen molar-refractivity contribution in [1.29, 1.82) is 0 Å². The molecule has 2 rings (SSSR count). The monoisotopic (exact) mass is 312 g/mol. The number of nitrogens with one attached hydrogen (secondary N) is 1. The minimum Gasteiger partial charge on any atom is -0.495 e. The third-order valence-corrected chi connectivity index (χ3v) is 4.27. The van der Waals surface area contributed by atoms with Crippen molar-refractivity contribution in [3.63, 3.8) is 0 Å². The summed E-state index contributed by atoms with van der Waals surface area (Å²) >= 11 is 1.28. The normalized spacial score (nSPS) is 11.1. The van der Waals surface area contributed by atoms with Crippen LogP contribution in [0.15, 0.2) is 40.6 Å². The van der Waals surface area contributed by atoms with E-state index in [1.54, 1.807) is 17.5 Å². The Balaban J connectivity index is 2.37. The Morgan fingerprint density at radius 2 is 2.10 bits per heavy atom. The molecule has 0 atom stereocenters. The van der Waals surface area contributed by atoms with Gasteiger partial charge in [0.2, 0.25) is 10.0 Å². The summed E-state index contributed by atoms with van der Waals surface area (Å²) in [6, 6.07) is 7.42. The number of hydrogen-bond donors (Lipinski definition) is 2. The van der Waals surface area contributed by atoms with Gasteiger partial charge in [-0.1, -0.05) is 6.07 Å². The molecule has 8 heteroatoms. The number of anilines is 1. The largest absolute Gasteiger partial charge is 0.495 e. The Kier molecular flexibility index (Phi) is 4.07. The first kappa shape index (κ1) is 14.5. The second kappa shape index (κ2) is 5.61. The first-order chi connectivity index (χ1) is 9.41. The van der Waals surface area contributed by atoms with Gasteiger partial charge < -0.3 is 10.1 Å². The lowest BCUT2D eigenvalue weighted by atomic mass is 10.3. The van der Waals surface area contributed by atoms with E-state index in [0.717, 1.165) is 0 Å². The molecule has 1 amide bonds. The van der Waals surface area contributed by atoms with E-state index in [1.165, 1.54) is 36.6 Å². The van der Waals surface area contributed by atoms with Crippen LogP contribution in [0.1, 0.15) is 9.67 Å². The van der Waals surface area contributed by atoms with E-state index in [1.807, 2.05) is 0 Å². The number of amides is 1. The van der Waals surface area contributed by atoms with Crippen molar-refractivity contribution in [2.75, 3.05) is 12.4 Å². The second-order valence-corrected chi connectivity index (χ2v) is 6.35. The molecule has 0 fully saturated rings. The summed E-state index contributed by atoms with van der Waals surface area (Å²) in [5, 5.41) is 9.44. The van der Waals surface area contributed by atoms with Gasteiger partial charge in [0.25, 0.3) is 5.91 Å². The molecule has 0 saturated carbocycles. The number of sulfonamides is 1. The summed E-state index contributed by atoms with van der Waals surface area (Å²) in [4.78, 5) is 12.4. The van der Waals surface area contributed by atoms with Crippen LogP contribution in [0, 0.1) is 0 Å². The van der Waals surface area contributed by atoms with Crippen LogP contribution >= 0.6 is 11.3 Å². The molecule has 106 valence electrons. The maximum atomic E-state index is 12.0. The molecule has 3 N–H and O–H groups in total. The molecule has 0 aliphatic rings. The van der Waals surface area contributed by atoms with Gasteiger partial charge in [-0.25, -0.2) is 13.6 Å². The van der Waals surface area contributed by atoms with Crippen LogP contribution < -0.4 is 15.2 Å². The smallest absolute Gasteiger partial charge is 0.265 e. The zero-order chi connectivity index (χ0) is 14.8. The number of ether oxygens (including phenoxy) is 1. The second-order valence-electron chi connectivity index (χ2n) is 3.84. The fraction of sp³-hybridized carbons (Fsp3) is 0.0833. The first-order valence-corrected chi connectivity index (χ1v) is 7.90. The third-order valence-electron chi connectivity index (χ3n) is 2.49. The lowest BCUT2D eigenvalue weighted by Gasteiger charge is -2.10. The molecule has 0 spiro atoms. The lowest BCUT2D eigenvalue weighted by molar-refractivity contribution is 0.103. The fourth-order valence-electron chi connectivity index (χ4n) is 1.55. The number of hydrogen-bond acceptors (Lipinski definition) is 5. The zero-order valence-electron chi connectivity index (χ0n) is 10.5. The molecule has 6 nitrogen and oxygen atoms in total. The number of carbonyl (C=O) groups excluding carboxylic acids is 1. The highest BCUT2D eigenvalue weighted by atomic mass is 32.2. The van der Waals surface area contributed by atoms with Crippen LogP contribution in [0.4, 0.5) is 5.69 Å². The summed E-state index contributed by atoms with van der Waals surface area (Å²) in [5.74, 6) is 0.00664. The van der Waals surface area contributed by atoms with E-state index >= 15 is 0 Å². The summed E-state index contributed by atoms with van der Waals surface area (Å²) in [5.41, 5.74) is 0.248. The molecule has 0 aliphatic heterocycles. The van der Waals surface area contributed by atoms with Crippen LogP contribution in [0.2, 0.25) is 0 Å². The molecule has 2 aromatic rings. The summed E-state index contributed by atoms with van der Waals surface area (Å²) < 4.78 is 27.7. The van der Waals surface area contributed by atoms with Gasteiger partial charge in [-0.3, -0.25) is 4.79 Å². The number of benzene rings is 1. The molecule has 1 aromatic heterocycles. The van der Waals surface area contributed by atoms with E-state index in [4.69, 9.17) is 9.88 Å². The molecule has 0 unspecified atom stereocenters. The predicted octanol–water partition coefficient (Wildman–Crippen LogP) is 1.66. The van der Waals surface area contributed by atoms with Gasteiger partial charge in [-0.2, -0.15) is 0 Å². The molecule has 0 saturated heterocycles. The van der Waals surface area contributed by atoms with E-state index in [0.29, 0.717) is 10.6 Å². The molecule has 0 radical (unpaired) electrons. The Morgan fingerprint density at radius 3 is 2.65 bits per heavy atom. The summed E-state index contributed by atoms with van der Waals surface area (Å²) in [6.07, 6.45) is 0. The van der Waals surface area contributed by atoms with Crippen molar-refractivity contribution in [1.82, 2.24) is 0 Å². The van der Waals surface area contributed by atoms with Gasteiger partial charge in [-0.05, 0) is 29.6 Å². The standard InChI is InChI=1S/C12H12N2O4S2/c1-18-10-5-4-8(20(13,16)17)7-9(10)14-12(15)11-3-2-6-19-11/h2-7H,1H3,(H,14,15)(H2,13,16,17). The van der Waals surface area contributed by atoms with Crippen molar-refractivity contribution in [2.24, 2.45) is 5.14 Å². The first-order valence-electron chi connectivity index (χ1n) is 5.47. The number of nitrogens with two attached hydrogens (primary N) is 1. The van der Waals surface area contributed by atoms with E-state index in [2.05, 4.69) is 5.32 Å². The van der Waals surface area contributed by atoms with Gasteiger partial charge in [0, 0.05) is 0 Å². The Bertz CT molecular complexity index is 724. The van der Waals surface area contributed by atoms with Crippen molar-refractivity contribution in [2.45, 2.75) is 4.90 Å². The highest BCUT2D eigenvalue weighted by Crippen LogP contribution is 2.27. The average molecular weight is 312 g/mol. The van der Waals surface area contributed by atoms with Crippen LogP contribution in [0.25, 0.3) is 0 Å². The SMILES string of the molecule is COc1ccc(S(N)(=O)=O)cc1NC(=O)c1cccs1. The number of rotatable bonds is 4. The van der Waals surface area contributed by atoms with E-state index in [-0.39, 0.29) is 16.5 Å². The van der Waals surface area contributed by atoms with Crippen molar-refractivity contribution >= 4 is 33.0 Å². The quantitative estimate of drug-likeness (QED) is 0.897. The van der Waals surface area contributed by atoms with Crippen LogP contribution in [0.5, 0.6) is 5.75 Å². The maximum absolute atomic E-state index is 12.0.